The summed E-state index contributed by atoms with van der Waals surface area (Å²) in [6, 6.07) is 26.3. The Kier molecular flexibility index (Phi) is 6.13. The van der Waals surface area contributed by atoms with E-state index < -0.39 is 5.97 Å². The van der Waals surface area contributed by atoms with Crippen LogP contribution in [0.1, 0.15) is 18.1 Å². The number of aliphatic imine (C=N–C) groups is 1. The van der Waals surface area contributed by atoms with Gasteiger partial charge in [0.25, 0.3) is 0 Å². The normalized spacial score (nSPS) is 11.9. The number of benzene rings is 3. The summed E-state index contributed by atoms with van der Waals surface area (Å²) in [7, 11) is 0. The molecule has 0 radical (unpaired) electrons. The van der Waals surface area contributed by atoms with Crippen molar-refractivity contribution in [2.24, 2.45) is 10.1 Å². The molecule has 0 heterocycles. The van der Waals surface area contributed by atoms with Crippen LogP contribution in [-0.4, -0.2) is 17.4 Å². The van der Waals surface area contributed by atoms with E-state index in [0.717, 1.165) is 11.1 Å². The van der Waals surface area contributed by atoms with Gasteiger partial charge in [0, 0.05) is 23.1 Å². The molecule has 0 aliphatic carbocycles. The van der Waals surface area contributed by atoms with Gasteiger partial charge in [0.15, 0.2) is 0 Å². The molecule has 0 saturated carbocycles. The van der Waals surface area contributed by atoms with Gasteiger partial charge in [-0.1, -0.05) is 83.5 Å². The maximum Gasteiger partial charge on any atom is 0.332 e. The van der Waals surface area contributed by atoms with Crippen LogP contribution in [0.15, 0.2) is 95.1 Å². The van der Waals surface area contributed by atoms with E-state index in [2.05, 4.69) is 5.16 Å². The highest BCUT2D eigenvalue weighted by Gasteiger charge is 2.16. The second-order valence-corrected chi connectivity index (χ2v) is 6.13. The molecule has 0 aromatic heterocycles. The van der Waals surface area contributed by atoms with Crippen LogP contribution in [0.4, 0.5) is 5.69 Å². The van der Waals surface area contributed by atoms with E-state index in [9.17, 15) is 4.79 Å². The molecule has 0 aliphatic heterocycles. The Morgan fingerprint density at radius 3 is 1.96 bits per heavy atom. The molecule has 3 rings (SSSR count). The molecule has 0 saturated heterocycles. The Bertz CT molecular complexity index is 983. The van der Waals surface area contributed by atoms with Gasteiger partial charge in [-0.3, -0.25) is 0 Å². The van der Waals surface area contributed by atoms with Crippen molar-refractivity contribution in [1.82, 2.24) is 0 Å². The van der Waals surface area contributed by atoms with E-state index in [1.54, 1.807) is 12.1 Å². The summed E-state index contributed by atoms with van der Waals surface area (Å²) in [6.45, 7) is 1.31. The molecule has 0 amide bonds. The molecule has 0 unspecified atom stereocenters. The van der Waals surface area contributed by atoms with Crippen molar-refractivity contribution in [1.29, 1.82) is 0 Å². The number of carbonyl (C=O) groups excluding carboxylic acids is 1. The molecule has 0 atom stereocenters. The maximum atomic E-state index is 11.4. The first-order valence-electron chi connectivity index (χ1n) is 8.34. The second kappa shape index (κ2) is 8.92. The van der Waals surface area contributed by atoms with Gasteiger partial charge in [0.05, 0.1) is 5.69 Å². The van der Waals surface area contributed by atoms with E-state index in [1.165, 1.54) is 6.92 Å². The third-order valence-electron chi connectivity index (χ3n) is 3.63. The van der Waals surface area contributed by atoms with Gasteiger partial charge < -0.3 is 4.84 Å². The van der Waals surface area contributed by atoms with Crippen molar-refractivity contribution in [3.05, 3.63) is 101 Å². The Morgan fingerprint density at radius 1 is 0.815 bits per heavy atom. The van der Waals surface area contributed by atoms with Crippen LogP contribution in [0.25, 0.3) is 0 Å². The van der Waals surface area contributed by atoms with E-state index in [1.807, 2.05) is 72.8 Å². The highest BCUT2D eigenvalue weighted by molar-refractivity contribution is 6.53. The topological polar surface area (TPSA) is 51.0 Å². The molecule has 5 heteroatoms. The SMILES string of the molecule is CC(=O)O/N=C(\C(=Nc1cccc(Cl)c1)c1ccccc1)c1ccccc1. The maximum absolute atomic E-state index is 11.4. The zero-order chi connectivity index (χ0) is 19.1. The van der Waals surface area contributed by atoms with Gasteiger partial charge >= 0.3 is 5.97 Å². The molecular weight excluding hydrogens is 360 g/mol. The Labute approximate surface area is 162 Å². The van der Waals surface area contributed by atoms with Gasteiger partial charge in [-0.2, -0.15) is 0 Å². The highest BCUT2D eigenvalue weighted by Crippen LogP contribution is 2.21. The van der Waals surface area contributed by atoms with Crippen LogP contribution in [0.3, 0.4) is 0 Å². The fourth-order valence-electron chi connectivity index (χ4n) is 2.46. The highest BCUT2D eigenvalue weighted by atomic mass is 35.5. The molecule has 134 valence electrons. The zero-order valence-electron chi connectivity index (χ0n) is 14.7. The average Bonchev–Trinajstić information content (AvgIpc) is 2.68. The number of oxime groups is 1. The van der Waals surface area contributed by atoms with Crippen LogP contribution in [0.2, 0.25) is 5.02 Å². The summed E-state index contributed by atoms with van der Waals surface area (Å²) >= 11 is 6.10. The van der Waals surface area contributed by atoms with E-state index in [0.29, 0.717) is 22.1 Å². The summed E-state index contributed by atoms with van der Waals surface area (Å²) in [5, 5.41) is 4.68. The van der Waals surface area contributed by atoms with Gasteiger partial charge in [0.2, 0.25) is 0 Å². The minimum absolute atomic E-state index is 0.456. The minimum Gasteiger partial charge on any atom is -0.318 e. The molecule has 27 heavy (non-hydrogen) atoms. The van der Waals surface area contributed by atoms with Crippen LogP contribution in [-0.2, 0) is 9.63 Å². The summed E-state index contributed by atoms with van der Waals surface area (Å²) in [5.74, 6) is -0.501. The smallest absolute Gasteiger partial charge is 0.318 e. The number of hydrogen-bond acceptors (Lipinski definition) is 4. The fourth-order valence-corrected chi connectivity index (χ4v) is 2.65. The first kappa shape index (κ1) is 18.5. The summed E-state index contributed by atoms with van der Waals surface area (Å²) in [4.78, 5) is 21.1. The molecule has 0 bridgehead atoms. The molecular formula is C22H17ClN2O2. The van der Waals surface area contributed by atoms with Crippen molar-refractivity contribution >= 4 is 34.7 Å². The fraction of sp³-hybridized carbons (Fsp3) is 0.0455. The molecule has 4 nitrogen and oxygen atoms in total. The summed E-state index contributed by atoms with van der Waals surface area (Å²) in [5.41, 5.74) is 3.32. The van der Waals surface area contributed by atoms with Crippen LogP contribution in [0, 0.1) is 0 Å². The van der Waals surface area contributed by atoms with Gasteiger partial charge in [0.1, 0.15) is 11.4 Å². The van der Waals surface area contributed by atoms with Crippen molar-refractivity contribution in [2.75, 3.05) is 0 Å². The molecule has 0 aliphatic rings. The number of nitrogens with zero attached hydrogens (tertiary/aromatic N) is 2. The largest absolute Gasteiger partial charge is 0.332 e. The number of halogens is 1. The monoisotopic (exact) mass is 376 g/mol. The standard InChI is InChI=1S/C22H17ClN2O2/c1-16(26)27-25-22(18-11-6-3-7-12-18)21(17-9-4-2-5-10-17)24-20-14-8-13-19(23)15-20/h2-15H,1H3/b24-21?,25-22-. The van der Waals surface area contributed by atoms with E-state index in [4.69, 9.17) is 21.4 Å². The molecule has 3 aromatic carbocycles. The lowest BCUT2D eigenvalue weighted by atomic mass is 9.99. The lowest BCUT2D eigenvalue weighted by Crippen LogP contribution is -2.18. The first-order valence-corrected chi connectivity index (χ1v) is 8.72. The van der Waals surface area contributed by atoms with Crippen molar-refractivity contribution in [3.8, 4) is 0 Å². The Hall–Kier alpha value is -3.24. The molecule has 3 aromatic rings. The predicted molar refractivity (Wildman–Crippen MR) is 109 cm³/mol. The lowest BCUT2D eigenvalue weighted by Gasteiger charge is -2.11. The van der Waals surface area contributed by atoms with Gasteiger partial charge in [-0.05, 0) is 18.2 Å². The van der Waals surface area contributed by atoms with Crippen LogP contribution in [0.5, 0.6) is 0 Å². The molecule has 0 fully saturated rings. The van der Waals surface area contributed by atoms with Crippen molar-refractivity contribution < 1.29 is 9.63 Å². The van der Waals surface area contributed by atoms with Crippen molar-refractivity contribution in [2.45, 2.75) is 6.92 Å². The minimum atomic E-state index is -0.501. The van der Waals surface area contributed by atoms with Crippen LogP contribution < -0.4 is 0 Å². The van der Waals surface area contributed by atoms with Gasteiger partial charge in [-0.15, -0.1) is 0 Å². The Morgan fingerprint density at radius 2 is 1.41 bits per heavy atom. The summed E-state index contributed by atoms with van der Waals surface area (Å²) < 4.78 is 0. The van der Waals surface area contributed by atoms with E-state index >= 15 is 0 Å². The average molecular weight is 377 g/mol. The molecule has 0 spiro atoms. The number of hydrogen-bond donors (Lipinski definition) is 0. The van der Waals surface area contributed by atoms with Crippen LogP contribution >= 0.6 is 11.6 Å². The predicted octanol–water partition coefficient (Wildman–Crippen LogP) is 5.43. The Balaban J connectivity index is 2.19. The first-order chi connectivity index (χ1) is 13.1. The molecule has 0 N–H and O–H groups in total. The third-order valence-corrected chi connectivity index (χ3v) is 3.87. The number of carbonyl (C=O) groups is 1. The lowest BCUT2D eigenvalue weighted by molar-refractivity contribution is -0.140. The van der Waals surface area contributed by atoms with E-state index in [-0.39, 0.29) is 0 Å². The second-order valence-electron chi connectivity index (χ2n) is 5.70. The van der Waals surface area contributed by atoms with Crippen molar-refractivity contribution in [3.63, 3.8) is 0 Å². The number of rotatable bonds is 5. The quantitative estimate of drug-likeness (QED) is 0.339. The zero-order valence-corrected chi connectivity index (χ0v) is 15.4. The summed E-state index contributed by atoms with van der Waals surface area (Å²) in [6.07, 6.45) is 0. The third kappa shape index (κ3) is 5.12. The van der Waals surface area contributed by atoms with Gasteiger partial charge in [-0.25, -0.2) is 9.79 Å².